The number of rotatable bonds is 8. The molecule has 0 aliphatic carbocycles. The Morgan fingerprint density at radius 2 is 1.80 bits per heavy atom. The van der Waals surface area contributed by atoms with E-state index in [1.807, 2.05) is 81.4 Å². The molecular weight excluding hydrogens is 556 g/mol. The van der Waals surface area contributed by atoms with Gasteiger partial charge in [0.15, 0.2) is 5.82 Å². The van der Waals surface area contributed by atoms with Crippen LogP contribution in [-0.4, -0.2) is 57.7 Å². The first-order valence-corrected chi connectivity index (χ1v) is 14.5. The summed E-state index contributed by atoms with van der Waals surface area (Å²) in [5, 5.41) is 13.8. The van der Waals surface area contributed by atoms with Gasteiger partial charge in [-0.05, 0) is 74.4 Å². The Morgan fingerprint density at radius 1 is 0.955 bits per heavy atom. The summed E-state index contributed by atoms with van der Waals surface area (Å²) < 4.78 is 7.10. The summed E-state index contributed by atoms with van der Waals surface area (Å²) in [6.07, 6.45) is 4.85. The van der Waals surface area contributed by atoms with Crippen LogP contribution in [0.2, 0.25) is 0 Å². The Balaban J connectivity index is 1.21. The van der Waals surface area contributed by atoms with E-state index < -0.39 is 0 Å². The Kier molecular flexibility index (Phi) is 8.20. The number of nitrogens with one attached hydrogen (secondary N) is 3. The summed E-state index contributed by atoms with van der Waals surface area (Å²) in [6, 6.07) is 18.6. The molecule has 1 atom stereocenters. The second kappa shape index (κ2) is 12.5. The molecule has 3 N–H and O–H groups in total. The van der Waals surface area contributed by atoms with Gasteiger partial charge < -0.3 is 25.6 Å². The van der Waals surface area contributed by atoms with E-state index in [1.165, 1.54) is 6.33 Å². The number of carbonyl (C=O) groups is 2. The number of fused-ring (bicyclic) bond motifs is 1. The molecule has 6 rings (SSSR count). The molecule has 5 aromatic rings. The smallest absolute Gasteiger partial charge is 0.255 e. The second-order valence-electron chi connectivity index (χ2n) is 10.8. The molecule has 44 heavy (non-hydrogen) atoms. The van der Waals surface area contributed by atoms with Crippen LogP contribution < -0.4 is 20.9 Å². The molecule has 2 aromatic carbocycles. The predicted molar refractivity (Wildman–Crippen MR) is 170 cm³/mol. The van der Waals surface area contributed by atoms with E-state index in [-0.39, 0.29) is 17.9 Å². The quantitative estimate of drug-likeness (QED) is 0.229. The molecule has 1 aliphatic heterocycles. The normalized spacial score (nSPS) is 13.8. The van der Waals surface area contributed by atoms with Gasteiger partial charge in [-0.3, -0.25) is 14.6 Å². The predicted octanol–water partition coefficient (Wildman–Crippen LogP) is 5.06. The van der Waals surface area contributed by atoms with Gasteiger partial charge in [0.05, 0.1) is 30.5 Å². The van der Waals surface area contributed by atoms with E-state index in [0.717, 1.165) is 41.3 Å². The van der Waals surface area contributed by atoms with Crippen molar-refractivity contribution in [3.05, 3.63) is 107 Å². The van der Waals surface area contributed by atoms with Crippen molar-refractivity contribution < 1.29 is 14.3 Å². The minimum absolute atomic E-state index is 0.197. The molecule has 1 aliphatic rings. The monoisotopic (exact) mass is 590 g/mol. The van der Waals surface area contributed by atoms with Crippen LogP contribution in [0, 0.1) is 13.8 Å². The van der Waals surface area contributed by atoms with Crippen molar-refractivity contribution in [3.8, 4) is 0 Å². The van der Waals surface area contributed by atoms with E-state index in [9.17, 15) is 9.59 Å². The van der Waals surface area contributed by atoms with Gasteiger partial charge in [-0.1, -0.05) is 18.2 Å². The highest BCUT2D eigenvalue weighted by Crippen LogP contribution is 2.29. The molecule has 0 spiro atoms. The lowest BCUT2D eigenvalue weighted by atomic mass is 10.1. The Hall–Kier alpha value is -5.29. The summed E-state index contributed by atoms with van der Waals surface area (Å²) in [5.41, 5.74) is 6.63. The van der Waals surface area contributed by atoms with Gasteiger partial charge in [-0.2, -0.15) is 5.10 Å². The number of aryl methyl sites for hydroxylation is 2. The molecule has 224 valence electrons. The molecule has 1 unspecified atom stereocenters. The third kappa shape index (κ3) is 6.09. The number of anilines is 4. The molecule has 4 heterocycles. The van der Waals surface area contributed by atoms with E-state index in [0.29, 0.717) is 41.4 Å². The zero-order chi connectivity index (χ0) is 30.6. The van der Waals surface area contributed by atoms with E-state index >= 15 is 0 Å². The van der Waals surface area contributed by atoms with Crippen LogP contribution in [0.15, 0.2) is 79.4 Å². The first kappa shape index (κ1) is 28.8. The minimum atomic E-state index is -0.266. The van der Waals surface area contributed by atoms with Gasteiger partial charge in [0.1, 0.15) is 11.8 Å². The van der Waals surface area contributed by atoms with Crippen LogP contribution in [0.1, 0.15) is 50.5 Å². The van der Waals surface area contributed by atoms with Gasteiger partial charge in [-0.25, -0.2) is 9.50 Å². The molecule has 11 heteroatoms. The molecule has 3 aromatic heterocycles. The zero-order valence-corrected chi connectivity index (χ0v) is 24.9. The average molecular weight is 591 g/mol. The van der Waals surface area contributed by atoms with Crippen molar-refractivity contribution in [2.75, 3.05) is 41.8 Å². The number of morpholine rings is 1. The number of aromatic nitrogens is 4. The molecule has 1 saturated heterocycles. The number of pyridine rings is 1. The second-order valence-corrected chi connectivity index (χ2v) is 10.8. The van der Waals surface area contributed by atoms with Crippen LogP contribution in [-0.2, 0) is 4.74 Å². The first-order valence-electron chi connectivity index (χ1n) is 14.5. The van der Waals surface area contributed by atoms with Crippen molar-refractivity contribution in [3.63, 3.8) is 0 Å². The number of carbonyl (C=O) groups excluding carboxylic acids is 2. The fourth-order valence-corrected chi connectivity index (χ4v) is 5.29. The van der Waals surface area contributed by atoms with Crippen LogP contribution in [0.25, 0.3) is 5.52 Å². The third-order valence-corrected chi connectivity index (χ3v) is 7.78. The molecule has 0 radical (unpaired) electrons. The van der Waals surface area contributed by atoms with Crippen molar-refractivity contribution in [2.45, 2.75) is 26.8 Å². The summed E-state index contributed by atoms with van der Waals surface area (Å²) >= 11 is 0. The molecule has 1 fully saturated rings. The Morgan fingerprint density at radius 3 is 2.59 bits per heavy atom. The van der Waals surface area contributed by atoms with E-state index in [4.69, 9.17) is 4.74 Å². The highest BCUT2D eigenvalue weighted by molar-refractivity contribution is 6.05. The molecule has 0 saturated carbocycles. The topological polar surface area (TPSA) is 126 Å². The van der Waals surface area contributed by atoms with Crippen LogP contribution in [0.3, 0.4) is 0 Å². The Bertz CT molecular complexity index is 1820. The molecule has 2 amide bonds. The average Bonchev–Trinajstić information content (AvgIpc) is 3.40. The van der Waals surface area contributed by atoms with Crippen LogP contribution in [0.4, 0.5) is 22.9 Å². The number of ether oxygens (including phenoxy) is 1. The number of nitrogens with zero attached hydrogens (tertiary/aromatic N) is 5. The Labute approximate surface area is 255 Å². The third-order valence-electron chi connectivity index (χ3n) is 7.78. The van der Waals surface area contributed by atoms with E-state index in [1.54, 1.807) is 16.9 Å². The maximum atomic E-state index is 13.2. The summed E-state index contributed by atoms with van der Waals surface area (Å²) in [5.74, 6) is 0.118. The number of amides is 2. The van der Waals surface area contributed by atoms with Gasteiger partial charge in [0.2, 0.25) is 0 Å². The van der Waals surface area contributed by atoms with Gasteiger partial charge in [0, 0.05) is 48.1 Å². The fraction of sp³-hybridized carbons (Fsp3) is 0.242. The highest BCUT2D eigenvalue weighted by Gasteiger charge is 2.21. The fourth-order valence-electron chi connectivity index (χ4n) is 5.29. The molecule has 0 bridgehead atoms. The number of hydrogen-bond donors (Lipinski definition) is 3. The van der Waals surface area contributed by atoms with Gasteiger partial charge in [-0.15, -0.1) is 0 Å². The van der Waals surface area contributed by atoms with Crippen molar-refractivity contribution in [1.29, 1.82) is 0 Å². The number of benzene rings is 2. The van der Waals surface area contributed by atoms with Crippen molar-refractivity contribution >= 4 is 40.2 Å². The lowest BCUT2D eigenvalue weighted by Gasteiger charge is -2.29. The lowest BCUT2D eigenvalue weighted by Crippen LogP contribution is -2.36. The maximum absolute atomic E-state index is 13.2. The molecular formula is C33H34N8O3. The minimum Gasteiger partial charge on any atom is -0.378 e. The van der Waals surface area contributed by atoms with E-state index in [2.05, 4.69) is 35.9 Å². The zero-order valence-electron chi connectivity index (χ0n) is 24.9. The van der Waals surface area contributed by atoms with Gasteiger partial charge >= 0.3 is 0 Å². The van der Waals surface area contributed by atoms with Crippen molar-refractivity contribution in [1.82, 2.24) is 24.9 Å². The van der Waals surface area contributed by atoms with Crippen LogP contribution in [0.5, 0.6) is 0 Å². The molecule has 11 nitrogen and oxygen atoms in total. The maximum Gasteiger partial charge on any atom is 0.255 e. The largest absolute Gasteiger partial charge is 0.378 e. The van der Waals surface area contributed by atoms with Crippen molar-refractivity contribution in [2.24, 2.45) is 0 Å². The summed E-state index contributed by atoms with van der Waals surface area (Å²) in [6.45, 7) is 8.69. The number of hydrogen-bond acceptors (Lipinski definition) is 8. The first-order chi connectivity index (χ1) is 21.4. The van der Waals surface area contributed by atoms with Crippen LogP contribution >= 0.6 is 0 Å². The standard InChI is InChI=1S/C33H34N8O3/c1-21-10-11-25(38-32(42)24-7-6-8-26(17-24)40-13-15-44-16-14-40)18-29(21)39-31-30-22(2)27(19-41(30)36-20-35-31)33(43)37-23(3)28-9-4-5-12-34-28/h4-12,17-20,23H,13-16H2,1-3H3,(H,37,43)(H,38,42)(H,35,36,39). The van der Waals surface area contributed by atoms with Gasteiger partial charge in [0.25, 0.3) is 11.8 Å². The highest BCUT2D eigenvalue weighted by atomic mass is 16.5. The SMILES string of the molecule is Cc1ccc(NC(=O)c2cccc(N3CCOCC3)c2)cc1Nc1ncnn2cc(C(=O)NC(C)c3ccccn3)c(C)c12. The summed E-state index contributed by atoms with van der Waals surface area (Å²) in [4.78, 5) is 37.5. The summed E-state index contributed by atoms with van der Waals surface area (Å²) in [7, 11) is 0. The lowest BCUT2D eigenvalue weighted by molar-refractivity contribution is 0.0937.